The molecule has 2 saturated heterocycles. The van der Waals surface area contributed by atoms with Crippen molar-refractivity contribution >= 4 is 6.47 Å². The first kappa shape index (κ1) is 21.1. The Labute approximate surface area is 180 Å². The molecule has 2 atom stereocenters. The van der Waals surface area contributed by atoms with Gasteiger partial charge in [0.05, 0.1) is 18.5 Å². The van der Waals surface area contributed by atoms with Gasteiger partial charge in [-0.3, -0.25) is 9.69 Å². The third kappa shape index (κ3) is 4.65. The fourth-order valence-corrected chi connectivity index (χ4v) is 3.46. The van der Waals surface area contributed by atoms with Crippen molar-refractivity contribution in [2.45, 2.75) is 32.1 Å². The second-order valence-electron chi connectivity index (χ2n) is 8.48. The molecule has 0 amide bonds. The molecule has 0 N–H and O–H groups in total. The number of rotatable bonds is 4. The second kappa shape index (κ2) is 8.20. The fourth-order valence-electron chi connectivity index (χ4n) is 3.46. The molecule has 8 heteroatoms. The summed E-state index contributed by atoms with van der Waals surface area (Å²) < 4.78 is 25.1. The number of benzene rings is 2. The van der Waals surface area contributed by atoms with Gasteiger partial charge in [0.25, 0.3) is 6.47 Å². The number of nitrogens with zero attached hydrogens (tertiary/aromatic N) is 4. The zero-order valence-electron chi connectivity index (χ0n) is 17.8. The van der Waals surface area contributed by atoms with Crippen LogP contribution in [0, 0.1) is 5.82 Å². The van der Waals surface area contributed by atoms with E-state index in [0.717, 1.165) is 36.6 Å². The summed E-state index contributed by atoms with van der Waals surface area (Å²) in [6, 6.07) is 14.4. The monoisotopic (exact) mass is 424 g/mol. The molecule has 2 aliphatic heterocycles. The minimum absolute atomic E-state index is 0.176. The van der Waals surface area contributed by atoms with Crippen LogP contribution in [0.25, 0.3) is 16.9 Å². The molecule has 5 rings (SSSR count). The molecule has 2 fully saturated rings. The molecule has 1 aromatic heterocycles. The Hall–Kier alpha value is -3.10. The highest BCUT2D eigenvalue weighted by Gasteiger charge is 2.58. The van der Waals surface area contributed by atoms with Crippen LogP contribution in [0.4, 0.5) is 4.39 Å². The van der Waals surface area contributed by atoms with Crippen molar-refractivity contribution < 1.29 is 18.7 Å². The van der Waals surface area contributed by atoms with Crippen LogP contribution in [-0.2, 0) is 20.0 Å². The van der Waals surface area contributed by atoms with Gasteiger partial charge in [-0.1, -0.05) is 29.5 Å². The Bertz CT molecular complexity index is 1040. The Balaban J connectivity index is 0.000000289. The molecule has 162 valence electrons. The fraction of sp³-hybridized carbons (Fsp3) is 0.348. The molecule has 2 aromatic carbocycles. The molecular weight excluding hydrogens is 399 g/mol. The summed E-state index contributed by atoms with van der Waals surface area (Å²) in [5.74, 6) is -0.266. The molecule has 0 spiro atoms. The predicted molar refractivity (Wildman–Crippen MR) is 113 cm³/mol. The summed E-state index contributed by atoms with van der Waals surface area (Å²) in [4.78, 5) is 11.9. The first-order valence-electron chi connectivity index (χ1n) is 10.1. The van der Waals surface area contributed by atoms with E-state index in [9.17, 15) is 9.18 Å². The van der Waals surface area contributed by atoms with Gasteiger partial charge in [-0.2, -0.15) is 0 Å². The normalized spacial score (nSPS) is 21.6. The molecule has 0 radical (unpaired) electrons. The third-order valence-corrected chi connectivity index (χ3v) is 5.13. The molecule has 31 heavy (non-hydrogen) atoms. The van der Waals surface area contributed by atoms with E-state index in [0.29, 0.717) is 6.47 Å². The van der Waals surface area contributed by atoms with Crippen LogP contribution in [0.15, 0.2) is 54.7 Å². The van der Waals surface area contributed by atoms with E-state index in [1.54, 1.807) is 16.8 Å². The number of carbonyl (C=O) groups excluding carboxylic acids is 1. The Morgan fingerprint density at radius 2 is 1.84 bits per heavy atom. The molecule has 0 saturated carbocycles. The standard InChI is InChI=1S/C18H15FN4O.C5H10O2/c19-15-5-7-16(8-6-15)23-11-17(20-21-23)13-1-3-14(4-2-13)18-12-22(18)9-10-24-18;1-5(2,3)7-4-6/h1-8,11H,9-10,12H2;4H,1-3H3. The number of aromatic nitrogens is 3. The Kier molecular flexibility index (Phi) is 5.60. The average molecular weight is 424 g/mol. The number of hydrogen-bond acceptors (Lipinski definition) is 6. The van der Waals surface area contributed by atoms with Crippen LogP contribution in [0.1, 0.15) is 26.3 Å². The van der Waals surface area contributed by atoms with Gasteiger partial charge in [-0.15, -0.1) is 5.10 Å². The second-order valence-corrected chi connectivity index (χ2v) is 8.48. The Morgan fingerprint density at radius 3 is 2.35 bits per heavy atom. The van der Waals surface area contributed by atoms with Crippen LogP contribution >= 0.6 is 0 Å². The van der Waals surface area contributed by atoms with E-state index in [2.05, 4.69) is 32.1 Å². The lowest BCUT2D eigenvalue weighted by molar-refractivity contribution is -0.138. The zero-order valence-corrected chi connectivity index (χ0v) is 17.8. The molecular formula is C23H25FN4O3. The van der Waals surface area contributed by atoms with E-state index in [1.165, 1.54) is 17.7 Å². The topological polar surface area (TPSA) is 69.2 Å². The largest absolute Gasteiger partial charge is 0.462 e. The molecule has 2 unspecified atom stereocenters. The van der Waals surface area contributed by atoms with E-state index in [4.69, 9.17) is 4.74 Å². The van der Waals surface area contributed by atoms with E-state index >= 15 is 0 Å². The lowest BCUT2D eigenvalue weighted by Crippen LogP contribution is -2.17. The third-order valence-electron chi connectivity index (χ3n) is 5.13. The van der Waals surface area contributed by atoms with Crippen LogP contribution < -0.4 is 0 Å². The van der Waals surface area contributed by atoms with Gasteiger partial charge in [-0.05, 0) is 45.0 Å². The maximum Gasteiger partial charge on any atom is 0.293 e. The minimum atomic E-state index is -0.318. The van der Waals surface area contributed by atoms with Gasteiger partial charge in [0, 0.05) is 24.2 Å². The number of carbonyl (C=O) groups is 1. The van der Waals surface area contributed by atoms with Gasteiger partial charge in [0.2, 0.25) is 0 Å². The van der Waals surface area contributed by atoms with Crippen molar-refractivity contribution in [1.82, 2.24) is 19.9 Å². The van der Waals surface area contributed by atoms with E-state index < -0.39 is 0 Å². The Morgan fingerprint density at radius 1 is 1.13 bits per heavy atom. The van der Waals surface area contributed by atoms with Crippen LogP contribution in [0.2, 0.25) is 0 Å². The van der Waals surface area contributed by atoms with Crippen molar-refractivity contribution in [2.24, 2.45) is 0 Å². The first-order valence-corrected chi connectivity index (χ1v) is 10.1. The van der Waals surface area contributed by atoms with Crippen molar-refractivity contribution in [3.05, 3.63) is 66.1 Å². The highest BCUT2D eigenvalue weighted by molar-refractivity contribution is 5.59. The number of halogens is 1. The summed E-state index contributed by atoms with van der Waals surface area (Å²) in [5.41, 5.74) is 3.25. The van der Waals surface area contributed by atoms with E-state index in [-0.39, 0.29) is 17.1 Å². The number of ether oxygens (including phenoxy) is 2. The maximum absolute atomic E-state index is 13.0. The number of morpholine rings is 1. The minimum Gasteiger partial charge on any atom is -0.462 e. The lowest BCUT2D eigenvalue weighted by Gasteiger charge is -2.14. The SMILES string of the molecule is CC(C)(C)OC=O.Fc1ccc(-n2cc(-c3ccc(C45CN4CCO5)cc3)nn2)cc1. The van der Waals surface area contributed by atoms with Crippen molar-refractivity contribution in [3.63, 3.8) is 0 Å². The van der Waals surface area contributed by atoms with Gasteiger partial charge in [0.1, 0.15) is 17.1 Å². The average Bonchev–Trinajstić information content (AvgIpc) is 3.07. The van der Waals surface area contributed by atoms with Crippen molar-refractivity contribution in [3.8, 4) is 16.9 Å². The molecule has 3 aromatic rings. The highest BCUT2D eigenvalue weighted by Crippen LogP contribution is 2.47. The highest BCUT2D eigenvalue weighted by atomic mass is 19.1. The van der Waals surface area contributed by atoms with Crippen LogP contribution in [0.3, 0.4) is 0 Å². The maximum atomic E-state index is 13.0. The first-order chi connectivity index (χ1) is 14.8. The van der Waals surface area contributed by atoms with Gasteiger partial charge < -0.3 is 9.47 Å². The molecule has 2 aliphatic rings. The zero-order chi connectivity index (χ0) is 22.1. The number of hydrogen-bond donors (Lipinski definition) is 0. The van der Waals surface area contributed by atoms with Crippen molar-refractivity contribution in [2.75, 3.05) is 19.7 Å². The molecule has 0 bridgehead atoms. The van der Waals surface area contributed by atoms with Gasteiger partial charge in [0.15, 0.2) is 5.72 Å². The quantitative estimate of drug-likeness (QED) is 0.472. The predicted octanol–water partition coefficient (Wildman–Crippen LogP) is 3.53. The van der Waals surface area contributed by atoms with Crippen molar-refractivity contribution in [1.29, 1.82) is 0 Å². The molecule has 0 aliphatic carbocycles. The smallest absolute Gasteiger partial charge is 0.293 e. The van der Waals surface area contributed by atoms with Crippen LogP contribution in [-0.4, -0.2) is 51.7 Å². The summed E-state index contributed by atoms with van der Waals surface area (Å²) in [6.07, 6.45) is 1.84. The summed E-state index contributed by atoms with van der Waals surface area (Å²) in [7, 11) is 0. The number of fused-ring (bicyclic) bond motifs is 1. The van der Waals surface area contributed by atoms with Crippen LogP contribution in [0.5, 0.6) is 0 Å². The van der Waals surface area contributed by atoms with E-state index in [1.807, 2.05) is 39.1 Å². The van der Waals surface area contributed by atoms with Gasteiger partial charge >= 0.3 is 0 Å². The lowest BCUT2D eigenvalue weighted by atomic mass is 10.1. The molecule has 7 nitrogen and oxygen atoms in total. The summed E-state index contributed by atoms with van der Waals surface area (Å²) in [6.45, 7) is 8.71. The molecule has 3 heterocycles. The summed E-state index contributed by atoms with van der Waals surface area (Å²) >= 11 is 0. The summed E-state index contributed by atoms with van der Waals surface area (Å²) in [5, 5.41) is 8.34. The van der Waals surface area contributed by atoms with Gasteiger partial charge in [-0.25, -0.2) is 9.07 Å².